The van der Waals surface area contributed by atoms with Gasteiger partial charge in [-0.3, -0.25) is 9.69 Å². The SMILES string of the molecule is CCN(CCCCCCCCCCCCn1cc(C=O)c2cc(OC)ccc21)Cc1cccc(O)c1. The zero-order chi connectivity index (χ0) is 25.6. The molecule has 0 aliphatic heterocycles. The summed E-state index contributed by atoms with van der Waals surface area (Å²) < 4.78 is 7.52. The molecule has 0 fully saturated rings. The number of fused-ring (bicyclic) bond motifs is 1. The van der Waals surface area contributed by atoms with Gasteiger partial charge in [-0.2, -0.15) is 0 Å². The molecule has 2 aromatic carbocycles. The number of carbonyl (C=O) groups is 1. The molecule has 0 saturated carbocycles. The summed E-state index contributed by atoms with van der Waals surface area (Å²) in [6.07, 6.45) is 15.8. The standard InChI is InChI=1S/C31H44N2O3/c1-3-32(23-26-15-14-16-28(35)21-26)19-12-10-8-6-4-5-7-9-11-13-20-33-24-27(25-34)30-22-29(36-2)17-18-31(30)33/h14-18,21-22,24-25,35H,3-13,19-20,23H2,1-2H3. The van der Waals surface area contributed by atoms with Crippen LogP contribution >= 0.6 is 0 Å². The second kappa shape index (κ2) is 15.4. The number of ether oxygens (including phenoxy) is 1. The van der Waals surface area contributed by atoms with Crippen LogP contribution in [0.5, 0.6) is 11.5 Å². The van der Waals surface area contributed by atoms with Gasteiger partial charge in [-0.15, -0.1) is 0 Å². The third-order valence-electron chi connectivity index (χ3n) is 7.13. The number of rotatable bonds is 18. The summed E-state index contributed by atoms with van der Waals surface area (Å²) in [7, 11) is 1.65. The lowest BCUT2D eigenvalue weighted by Crippen LogP contribution is -2.23. The number of aromatic hydroxyl groups is 1. The van der Waals surface area contributed by atoms with E-state index in [1.165, 1.54) is 63.4 Å². The molecule has 3 rings (SSSR count). The maximum absolute atomic E-state index is 11.5. The molecule has 1 aromatic heterocycles. The molecular weight excluding hydrogens is 448 g/mol. The van der Waals surface area contributed by atoms with Crippen LogP contribution in [0.25, 0.3) is 10.9 Å². The summed E-state index contributed by atoms with van der Waals surface area (Å²) in [5.74, 6) is 1.14. The summed E-state index contributed by atoms with van der Waals surface area (Å²) in [5, 5.41) is 10.6. The minimum Gasteiger partial charge on any atom is -0.508 e. The monoisotopic (exact) mass is 492 g/mol. The van der Waals surface area contributed by atoms with E-state index in [1.807, 2.05) is 30.5 Å². The van der Waals surface area contributed by atoms with E-state index in [0.717, 1.165) is 61.1 Å². The normalized spacial score (nSPS) is 11.4. The molecule has 1 N–H and O–H groups in total. The van der Waals surface area contributed by atoms with Crippen LogP contribution in [-0.4, -0.2) is 41.1 Å². The molecule has 5 heteroatoms. The lowest BCUT2D eigenvalue weighted by Gasteiger charge is -2.20. The van der Waals surface area contributed by atoms with Gasteiger partial charge in [-0.05, 0) is 61.8 Å². The molecule has 0 radical (unpaired) electrons. The molecule has 5 nitrogen and oxygen atoms in total. The van der Waals surface area contributed by atoms with Gasteiger partial charge in [-0.25, -0.2) is 0 Å². The predicted octanol–water partition coefficient (Wildman–Crippen LogP) is 7.59. The Balaban J connectivity index is 1.20. The van der Waals surface area contributed by atoms with Crippen LogP contribution in [-0.2, 0) is 13.1 Å². The number of hydrogen-bond acceptors (Lipinski definition) is 4. The minimum absolute atomic E-state index is 0.354. The van der Waals surface area contributed by atoms with Crippen LogP contribution in [0.4, 0.5) is 0 Å². The topological polar surface area (TPSA) is 54.7 Å². The molecule has 0 amide bonds. The Morgan fingerprint density at radius 1 is 0.917 bits per heavy atom. The first-order valence-corrected chi connectivity index (χ1v) is 13.8. The minimum atomic E-state index is 0.354. The van der Waals surface area contributed by atoms with Gasteiger partial charge in [0, 0.05) is 35.8 Å². The molecule has 0 saturated heterocycles. The van der Waals surface area contributed by atoms with Crippen LogP contribution in [0.1, 0.15) is 87.1 Å². The number of aldehydes is 1. The van der Waals surface area contributed by atoms with Crippen molar-refractivity contribution in [2.45, 2.75) is 84.2 Å². The van der Waals surface area contributed by atoms with Crippen molar-refractivity contribution < 1.29 is 14.6 Å². The summed E-state index contributed by atoms with van der Waals surface area (Å²) in [6, 6.07) is 13.6. The van der Waals surface area contributed by atoms with Gasteiger partial charge >= 0.3 is 0 Å². The number of phenolic OH excluding ortho intramolecular Hbond substituents is 1. The highest BCUT2D eigenvalue weighted by Gasteiger charge is 2.09. The Kier molecular flexibility index (Phi) is 11.9. The van der Waals surface area contributed by atoms with Gasteiger partial charge in [0.2, 0.25) is 0 Å². The highest BCUT2D eigenvalue weighted by atomic mass is 16.5. The number of unbranched alkanes of at least 4 members (excludes halogenated alkanes) is 9. The number of phenols is 1. The van der Waals surface area contributed by atoms with Crippen molar-refractivity contribution in [3.8, 4) is 11.5 Å². The Hall–Kier alpha value is -2.79. The van der Waals surface area contributed by atoms with Crippen molar-refractivity contribution in [2.75, 3.05) is 20.2 Å². The van der Waals surface area contributed by atoms with Crippen LogP contribution < -0.4 is 4.74 Å². The highest BCUT2D eigenvalue weighted by molar-refractivity contribution is 5.98. The van der Waals surface area contributed by atoms with E-state index in [0.29, 0.717) is 5.75 Å². The average molecular weight is 493 g/mol. The van der Waals surface area contributed by atoms with E-state index in [2.05, 4.69) is 28.5 Å². The Morgan fingerprint density at radius 2 is 1.61 bits per heavy atom. The van der Waals surface area contributed by atoms with E-state index in [4.69, 9.17) is 4.74 Å². The molecule has 196 valence electrons. The third-order valence-corrected chi connectivity index (χ3v) is 7.13. The Morgan fingerprint density at radius 3 is 2.25 bits per heavy atom. The zero-order valence-electron chi connectivity index (χ0n) is 22.3. The second-order valence-corrected chi connectivity index (χ2v) is 9.85. The van der Waals surface area contributed by atoms with Crippen LogP contribution in [0.15, 0.2) is 48.7 Å². The fraction of sp³-hybridized carbons (Fsp3) is 0.516. The van der Waals surface area contributed by atoms with Crippen molar-refractivity contribution >= 4 is 17.2 Å². The number of aromatic nitrogens is 1. The van der Waals surface area contributed by atoms with Crippen molar-refractivity contribution in [3.63, 3.8) is 0 Å². The van der Waals surface area contributed by atoms with Gasteiger partial charge in [0.1, 0.15) is 11.5 Å². The maximum atomic E-state index is 11.5. The number of benzene rings is 2. The van der Waals surface area contributed by atoms with E-state index in [9.17, 15) is 9.90 Å². The van der Waals surface area contributed by atoms with Gasteiger partial charge in [0.15, 0.2) is 6.29 Å². The lowest BCUT2D eigenvalue weighted by molar-refractivity contribution is 0.112. The van der Waals surface area contributed by atoms with Gasteiger partial charge in [0.05, 0.1) is 7.11 Å². The number of carbonyl (C=O) groups excluding carboxylic acids is 1. The first-order chi connectivity index (χ1) is 17.6. The van der Waals surface area contributed by atoms with Crippen molar-refractivity contribution in [3.05, 3.63) is 59.8 Å². The zero-order valence-corrected chi connectivity index (χ0v) is 22.3. The van der Waals surface area contributed by atoms with Crippen LogP contribution in [0.3, 0.4) is 0 Å². The van der Waals surface area contributed by atoms with E-state index in [1.54, 1.807) is 13.2 Å². The highest BCUT2D eigenvalue weighted by Crippen LogP contribution is 2.26. The average Bonchev–Trinajstić information content (AvgIpc) is 3.25. The predicted molar refractivity (Wildman–Crippen MR) is 149 cm³/mol. The quantitative estimate of drug-likeness (QED) is 0.147. The largest absolute Gasteiger partial charge is 0.508 e. The molecule has 0 unspecified atom stereocenters. The number of nitrogens with zero attached hydrogens (tertiary/aromatic N) is 2. The van der Waals surface area contributed by atoms with E-state index < -0.39 is 0 Å². The fourth-order valence-corrected chi connectivity index (χ4v) is 5.00. The fourth-order valence-electron chi connectivity index (χ4n) is 5.00. The second-order valence-electron chi connectivity index (χ2n) is 9.85. The van der Waals surface area contributed by atoms with E-state index >= 15 is 0 Å². The smallest absolute Gasteiger partial charge is 0.152 e. The summed E-state index contributed by atoms with van der Waals surface area (Å²) in [5.41, 5.74) is 3.03. The molecule has 0 atom stereocenters. The lowest BCUT2D eigenvalue weighted by atomic mass is 10.1. The number of hydrogen-bond donors (Lipinski definition) is 1. The number of aryl methyl sites for hydroxylation is 1. The molecular formula is C31H44N2O3. The summed E-state index contributed by atoms with van der Waals surface area (Å²) in [6.45, 7) is 6.26. The van der Waals surface area contributed by atoms with Crippen molar-refractivity contribution in [1.29, 1.82) is 0 Å². The Labute approximate surface area is 217 Å². The molecule has 0 bridgehead atoms. The number of methoxy groups -OCH3 is 1. The molecule has 0 aliphatic rings. The molecule has 3 aromatic rings. The molecule has 1 heterocycles. The van der Waals surface area contributed by atoms with Crippen molar-refractivity contribution in [2.24, 2.45) is 0 Å². The molecule has 0 spiro atoms. The molecule has 36 heavy (non-hydrogen) atoms. The Bertz CT molecular complexity index is 1060. The van der Waals surface area contributed by atoms with E-state index in [-0.39, 0.29) is 0 Å². The summed E-state index contributed by atoms with van der Waals surface area (Å²) >= 11 is 0. The third kappa shape index (κ3) is 8.70. The first kappa shape index (κ1) is 27.8. The van der Waals surface area contributed by atoms with Crippen LogP contribution in [0.2, 0.25) is 0 Å². The maximum Gasteiger partial charge on any atom is 0.152 e. The van der Waals surface area contributed by atoms with Crippen molar-refractivity contribution in [1.82, 2.24) is 9.47 Å². The first-order valence-electron chi connectivity index (χ1n) is 13.8. The van der Waals surface area contributed by atoms with Gasteiger partial charge in [0.25, 0.3) is 0 Å². The van der Waals surface area contributed by atoms with Gasteiger partial charge in [-0.1, -0.05) is 70.4 Å². The summed E-state index contributed by atoms with van der Waals surface area (Å²) in [4.78, 5) is 13.9. The van der Waals surface area contributed by atoms with Crippen LogP contribution in [0, 0.1) is 0 Å². The molecule has 0 aliphatic carbocycles. The van der Waals surface area contributed by atoms with Gasteiger partial charge < -0.3 is 14.4 Å².